The Hall–Kier alpha value is -1.46. The highest BCUT2D eigenvalue weighted by atomic mass is 32.1. The molecule has 0 N–H and O–H groups in total. The highest BCUT2D eigenvalue weighted by Gasteiger charge is 2.23. The number of thiophene rings is 4. The second-order valence-corrected chi connectivity index (χ2v) is 20.4. The van der Waals surface area contributed by atoms with Crippen LogP contribution in [0.2, 0.25) is 0 Å². The van der Waals surface area contributed by atoms with Crippen molar-refractivity contribution < 1.29 is 0 Å². The van der Waals surface area contributed by atoms with Gasteiger partial charge in [0, 0.05) is 50.8 Å². The molecule has 298 valence electrons. The second kappa shape index (κ2) is 25.0. The van der Waals surface area contributed by atoms with Crippen LogP contribution in [0.4, 0.5) is 0 Å². The first-order valence-electron chi connectivity index (χ1n) is 22.8. The average Bonchev–Trinajstić information content (AvgIpc) is 4.01. The fourth-order valence-corrected chi connectivity index (χ4v) is 13.2. The lowest BCUT2D eigenvalue weighted by Crippen LogP contribution is -1.91. The maximum atomic E-state index is 2.65. The molecule has 0 saturated carbocycles. The molecular formula is C50H74S4. The smallest absolute Gasteiger partial charge is 0.0442 e. The van der Waals surface area contributed by atoms with E-state index in [2.05, 4.69) is 85.4 Å². The van der Waals surface area contributed by atoms with Crippen LogP contribution < -0.4 is 0 Å². The van der Waals surface area contributed by atoms with Gasteiger partial charge in [-0.05, 0) is 97.5 Å². The summed E-state index contributed by atoms with van der Waals surface area (Å²) in [5, 5.41) is 7.75. The monoisotopic (exact) mass is 802 g/mol. The number of benzene rings is 1. The lowest BCUT2D eigenvalue weighted by Gasteiger charge is -2.10. The van der Waals surface area contributed by atoms with Crippen molar-refractivity contribution in [1.29, 1.82) is 0 Å². The molecule has 0 atom stereocenters. The molecule has 54 heavy (non-hydrogen) atoms. The number of fused-ring (bicyclic) bond motifs is 2. The highest BCUT2D eigenvalue weighted by Crippen LogP contribution is 2.51. The van der Waals surface area contributed by atoms with Crippen LogP contribution in [-0.4, -0.2) is 0 Å². The molecule has 5 aromatic rings. The van der Waals surface area contributed by atoms with Crippen molar-refractivity contribution in [1.82, 2.24) is 0 Å². The Balaban J connectivity index is 1.44. The molecule has 1 aromatic carbocycles. The molecule has 0 nitrogen and oxygen atoms in total. The number of hydrogen-bond donors (Lipinski definition) is 0. The summed E-state index contributed by atoms with van der Waals surface area (Å²) in [7, 11) is 0. The summed E-state index contributed by atoms with van der Waals surface area (Å²) in [6, 6.07) is 10.2. The molecule has 4 aromatic heterocycles. The Morgan fingerprint density at radius 3 is 1.04 bits per heavy atom. The first-order valence-corrected chi connectivity index (χ1v) is 26.2. The Bertz CT molecular complexity index is 1500. The Morgan fingerprint density at radius 2 is 0.685 bits per heavy atom. The van der Waals surface area contributed by atoms with Crippen molar-refractivity contribution in [3.8, 4) is 20.9 Å². The molecule has 0 aliphatic carbocycles. The van der Waals surface area contributed by atoms with E-state index < -0.39 is 0 Å². The number of hydrogen-bond acceptors (Lipinski definition) is 4. The van der Waals surface area contributed by atoms with Crippen molar-refractivity contribution in [2.45, 2.75) is 207 Å². The van der Waals surface area contributed by atoms with E-state index in [1.807, 2.05) is 22.7 Å². The van der Waals surface area contributed by atoms with E-state index in [1.165, 1.54) is 221 Å². The van der Waals surface area contributed by atoms with Gasteiger partial charge in [0.1, 0.15) is 0 Å². The molecule has 0 aliphatic rings. The van der Waals surface area contributed by atoms with Gasteiger partial charge in [-0.2, -0.15) is 0 Å². The van der Waals surface area contributed by atoms with E-state index in [4.69, 9.17) is 0 Å². The van der Waals surface area contributed by atoms with E-state index in [-0.39, 0.29) is 0 Å². The normalized spacial score (nSPS) is 11.9. The Kier molecular flexibility index (Phi) is 20.2. The zero-order chi connectivity index (χ0) is 37.8. The first kappa shape index (κ1) is 43.7. The summed E-state index contributed by atoms with van der Waals surface area (Å²) < 4.78 is 3.02. The number of unbranched alkanes of at least 4 members (excludes halogenated alkanes) is 20. The lowest BCUT2D eigenvalue weighted by atomic mass is 9.97. The summed E-state index contributed by atoms with van der Waals surface area (Å²) >= 11 is 8.25. The Morgan fingerprint density at radius 1 is 0.370 bits per heavy atom. The van der Waals surface area contributed by atoms with Crippen LogP contribution in [0.5, 0.6) is 0 Å². The second-order valence-electron chi connectivity index (χ2n) is 16.3. The fraction of sp³-hybridized carbons (Fsp3) is 0.640. The third-order valence-corrected chi connectivity index (χ3v) is 16.1. The molecule has 0 unspecified atom stereocenters. The van der Waals surface area contributed by atoms with Crippen LogP contribution in [-0.2, 0) is 25.7 Å². The molecule has 4 heteroatoms. The first-order chi connectivity index (χ1) is 26.7. The van der Waals surface area contributed by atoms with Crippen LogP contribution >= 0.6 is 45.3 Å². The zero-order valence-electron chi connectivity index (χ0n) is 34.9. The summed E-state index contributed by atoms with van der Waals surface area (Å²) in [5.74, 6) is 0. The van der Waals surface area contributed by atoms with Gasteiger partial charge in [-0.25, -0.2) is 0 Å². The zero-order valence-corrected chi connectivity index (χ0v) is 38.2. The Labute approximate surface area is 347 Å². The average molecular weight is 803 g/mol. The van der Waals surface area contributed by atoms with Crippen molar-refractivity contribution >= 4 is 65.5 Å². The lowest BCUT2D eigenvalue weighted by molar-refractivity contribution is 0.601. The molecule has 4 heterocycles. The van der Waals surface area contributed by atoms with Gasteiger partial charge in [-0.3, -0.25) is 0 Å². The van der Waals surface area contributed by atoms with Gasteiger partial charge in [0.2, 0.25) is 0 Å². The van der Waals surface area contributed by atoms with Gasteiger partial charge in [0.15, 0.2) is 0 Å². The molecule has 0 saturated heterocycles. The quantitative estimate of drug-likeness (QED) is 0.0406. The number of aryl methyl sites for hydroxylation is 4. The minimum absolute atomic E-state index is 1.25. The minimum Gasteiger partial charge on any atom is -0.143 e. The highest BCUT2D eigenvalue weighted by molar-refractivity contribution is 7.22. The van der Waals surface area contributed by atoms with Crippen LogP contribution in [0.1, 0.15) is 203 Å². The van der Waals surface area contributed by atoms with Crippen molar-refractivity contribution in [2.75, 3.05) is 0 Å². The van der Waals surface area contributed by atoms with E-state index in [0.717, 1.165) is 0 Å². The molecule has 0 spiro atoms. The molecule has 0 fully saturated rings. The van der Waals surface area contributed by atoms with Crippen molar-refractivity contribution in [3.63, 3.8) is 0 Å². The van der Waals surface area contributed by atoms with Crippen LogP contribution in [0.25, 0.3) is 41.1 Å². The maximum Gasteiger partial charge on any atom is 0.0442 e. The van der Waals surface area contributed by atoms with Gasteiger partial charge in [-0.1, -0.05) is 156 Å². The summed E-state index contributed by atoms with van der Waals surface area (Å²) in [5.41, 5.74) is 6.38. The van der Waals surface area contributed by atoms with Crippen molar-refractivity contribution in [2.24, 2.45) is 0 Å². The maximum absolute atomic E-state index is 2.65. The van der Waals surface area contributed by atoms with Gasteiger partial charge >= 0.3 is 0 Å². The summed E-state index contributed by atoms with van der Waals surface area (Å²) in [6.07, 6.45) is 38.0. The van der Waals surface area contributed by atoms with Crippen molar-refractivity contribution in [3.05, 3.63) is 55.9 Å². The number of rotatable bonds is 30. The molecule has 0 radical (unpaired) electrons. The predicted octanol–water partition coefficient (Wildman–Crippen LogP) is 19.2. The topological polar surface area (TPSA) is 0 Å². The van der Waals surface area contributed by atoms with E-state index in [1.54, 1.807) is 20.9 Å². The minimum atomic E-state index is 1.25. The SMILES string of the molecule is CCCCCCCCc1cc(-c2c3ccsc3c(-c3cc(CCCCCCCC)c(CCCCCCCC)s3)c3ccsc23)sc1CCCCCCCC. The predicted molar refractivity (Wildman–Crippen MR) is 252 cm³/mol. The third-order valence-electron chi connectivity index (χ3n) is 11.7. The van der Waals surface area contributed by atoms with Crippen LogP contribution in [0.3, 0.4) is 0 Å². The standard InChI is InChI=1S/C50H74S4/c1-5-9-13-17-21-25-29-39-37-45(53-43(39)31-27-23-19-15-11-7-3)47-41-33-35-52-50(41)48(42-34-36-51-49(42)47)46-38-40(30-26-22-18-14-10-6-2)44(54-46)32-28-24-20-16-12-8-4/h33-38H,5-32H2,1-4H3. The molecule has 0 aliphatic heterocycles. The van der Waals surface area contributed by atoms with Gasteiger partial charge < -0.3 is 0 Å². The fourth-order valence-electron chi connectivity index (χ4n) is 8.48. The van der Waals surface area contributed by atoms with Gasteiger partial charge in [0.05, 0.1) is 0 Å². The van der Waals surface area contributed by atoms with Crippen LogP contribution in [0, 0.1) is 0 Å². The summed E-state index contributed by atoms with van der Waals surface area (Å²) in [4.78, 5) is 6.42. The van der Waals surface area contributed by atoms with E-state index >= 15 is 0 Å². The summed E-state index contributed by atoms with van der Waals surface area (Å²) in [6.45, 7) is 9.30. The van der Waals surface area contributed by atoms with E-state index in [9.17, 15) is 0 Å². The largest absolute Gasteiger partial charge is 0.143 e. The molecule has 5 rings (SSSR count). The molecule has 0 amide bonds. The molecule has 0 bridgehead atoms. The van der Waals surface area contributed by atoms with Gasteiger partial charge in [-0.15, -0.1) is 45.3 Å². The third kappa shape index (κ3) is 12.8. The van der Waals surface area contributed by atoms with Crippen LogP contribution in [0.15, 0.2) is 35.0 Å². The van der Waals surface area contributed by atoms with Gasteiger partial charge in [0.25, 0.3) is 0 Å². The molecular weight excluding hydrogens is 729 g/mol. The van der Waals surface area contributed by atoms with E-state index in [0.29, 0.717) is 0 Å².